The fourth-order valence-corrected chi connectivity index (χ4v) is 2.98. The fourth-order valence-electron chi connectivity index (χ4n) is 2.98. The van der Waals surface area contributed by atoms with Gasteiger partial charge >= 0.3 is 0 Å². The fraction of sp³-hybridized carbons (Fsp3) is 0.588. The number of nitrogens with one attached hydrogen (secondary N) is 1. The number of carbonyl (C=O) groups is 1. The molecule has 1 saturated carbocycles. The van der Waals surface area contributed by atoms with Crippen LogP contribution in [0, 0.1) is 11.8 Å². The minimum absolute atomic E-state index is 0.0727. The second-order valence-electron chi connectivity index (χ2n) is 6.01. The van der Waals surface area contributed by atoms with Gasteiger partial charge in [-0.25, -0.2) is 0 Å². The van der Waals surface area contributed by atoms with Crippen molar-refractivity contribution in [1.82, 2.24) is 5.32 Å². The van der Waals surface area contributed by atoms with Gasteiger partial charge in [0.05, 0.1) is 13.2 Å². The molecule has 1 aromatic rings. The maximum atomic E-state index is 12.2. The molecule has 1 aliphatic carbocycles. The molecule has 2 N–H and O–H groups in total. The molecule has 0 aliphatic heterocycles. The van der Waals surface area contributed by atoms with E-state index < -0.39 is 6.10 Å². The summed E-state index contributed by atoms with van der Waals surface area (Å²) >= 11 is 0. The summed E-state index contributed by atoms with van der Waals surface area (Å²) in [5.74, 6) is 1.51. The van der Waals surface area contributed by atoms with Crippen LogP contribution >= 0.6 is 0 Å². The molecular weight excluding hydrogens is 266 g/mol. The highest BCUT2D eigenvalue weighted by molar-refractivity contribution is 5.78. The van der Waals surface area contributed by atoms with Crippen LogP contribution in [0.4, 0.5) is 0 Å². The van der Waals surface area contributed by atoms with Gasteiger partial charge in [0.15, 0.2) is 0 Å². The predicted octanol–water partition coefficient (Wildman–Crippen LogP) is 2.67. The summed E-state index contributed by atoms with van der Waals surface area (Å²) in [5.41, 5.74) is 0.756. The number of rotatable bonds is 5. The number of benzene rings is 1. The van der Waals surface area contributed by atoms with Gasteiger partial charge in [-0.2, -0.15) is 0 Å². The van der Waals surface area contributed by atoms with Crippen LogP contribution < -0.4 is 10.1 Å². The molecule has 0 bridgehead atoms. The van der Waals surface area contributed by atoms with Crippen LogP contribution in [0.5, 0.6) is 5.75 Å². The van der Waals surface area contributed by atoms with Gasteiger partial charge in [0.25, 0.3) is 0 Å². The number of hydrogen-bond acceptors (Lipinski definition) is 3. The molecular formula is C17H25NO3. The van der Waals surface area contributed by atoms with E-state index in [0.717, 1.165) is 24.8 Å². The Hall–Kier alpha value is -1.55. The Bertz CT molecular complexity index is 475. The van der Waals surface area contributed by atoms with Crippen LogP contribution in [0.15, 0.2) is 24.3 Å². The monoisotopic (exact) mass is 291 g/mol. The van der Waals surface area contributed by atoms with Gasteiger partial charge < -0.3 is 15.2 Å². The molecule has 116 valence electrons. The lowest BCUT2D eigenvalue weighted by Gasteiger charge is -2.26. The van der Waals surface area contributed by atoms with E-state index in [1.54, 1.807) is 13.2 Å². The van der Waals surface area contributed by atoms with Crippen molar-refractivity contribution in [2.75, 3.05) is 13.7 Å². The minimum Gasteiger partial charge on any atom is -0.497 e. The molecule has 1 fully saturated rings. The summed E-state index contributed by atoms with van der Waals surface area (Å²) in [4.78, 5) is 12.2. The molecule has 0 aromatic heterocycles. The lowest BCUT2D eigenvalue weighted by atomic mass is 9.82. The van der Waals surface area contributed by atoms with Gasteiger partial charge in [-0.15, -0.1) is 0 Å². The van der Waals surface area contributed by atoms with Gasteiger partial charge in [0.1, 0.15) is 5.75 Å². The number of ether oxygens (including phenoxy) is 1. The van der Waals surface area contributed by atoms with Crippen molar-refractivity contribution >= 4 is 5.91 Å². The van der Waals surface area contributed by atoms with Crippen molar-refractivity contribution in [3.8, 4) is 5.75 Å². The van der Waals surface area contributed by atoms with Crippen molar-refractivity contribution in [2.24, 2.45) is 11.8 Å². The van der Waals surface area contributed by atoms with Crippen molar-refractivity contribution in [3.63, 3.8) is 0 Å². The van der Waals surface area contributed by atoms with E-state index in [1.165, 1.54) is 6.42 Å². The highest BCUT2D eigenvalue weighted by Crippen LogP contribution is 2.28. The summed E-state index contributed by atoms with van der Waals surface area (Å²) in [6.07, 6.45) is 3.56. The number of aliphatic hydroxyl groups is 1. The molecule has 0 radical (unpaired) electrons. The van der Waals surface area contributed by atoms with Crippen LogP contribution in [0.25, 0.3) is 0 Å². The summed E-state index contributed by atoms with van der Waals surface area (Å²) < 4.78 is 5.14. The zero-order chi connectivity index (χ0) is 15.2. The van der Waals surface area contributed by atoms with Crippen molar-refractivity contribution < 1.29 is 14.6 Å². The molecule has 4 heteroatoms. The second-order valence-corrected chi connectivity index (χ2v) is 6.01. The third-order valence-corrected chi connectivity index (χ3v) is 4.26. The number of aliphatic hydroxyl groups excluding tert-OH is 1. The number of amides is 1. The molecule has 0 unspecified atom stereocenters. The van der Waals surface area contributed by atoms with Gasteiger partial charge in [0.2, 0.25) is 5.91 Å². The lowest BCUT2D eigenvalue weighted by Crippen LogP contribution is -2.35. The Morgan fingerprint density at radius 1 is 1.48 bits per heavy atom. The summed E-state index contributed by atoms with van der Waals surface area (Å²) in [7, 11) is 1.59. The number of hydrogen-bond donors (Lipinski definition) is 2. The Morgan fingerprint density at radius 3 is 3.00 bits per heavy atom. The third kappa shape index (κ3) is 4.46. The smallest absolute Gasteiger partial charge is 0.223 e. The zero-order valence-corrected chi connectivity index (χ0v) is 12.8. The van der Waals surface area contributed by atoms with E-state index in [9.17, 15) is 9.90 Å². The molecule has 2 rings (SSSR count). The lowest BCUT2D eigenvalue weighted by molar-refractivity contribution is -0.126. The van der Waals surface area contributed by atoms with Gasteiger partial charge in [0, 0.05) is 12.5 Å². The Kier molecular flexibility index (Phi) is 5.62. The molecule has 1 aromatic carbocycles. The third-order valence-electron chi connectivity index (χ3n) is 4.26. The van der Waals surface area contributed by atoms with Crippen LogP contribution in [0.1, 0.15) is 44.3 Å². The highest BCUT2D eigenvalue weighted by atomic mass is 16.5. The van der Waals surface area contributed by atoms with E-state index in [4.69, 9.17) is 4.74 Å². The first-order valence-corrected chi connectivity index (χ1v) is 7.70. The number of carbonyl (C=O) groups excluding carboxylic acids is 1. The molecule has 21 heavy (non-hydrogen) atoms. The average molecular weight is 291 g/mol. The quantitative estimate of drug-likeness (QED) is 0.877. The molecule has 0 heterocycles. The topological polar surface area (TPSA) is 58.6 Å². The summed E-state index contributed by atoms with van der Waals surface area (Å²) in [6, 6.07) is 7.29. The van der Waals surface area contributed by atoms with Gasteiger partial charge in [-0.1, -0.05) is 31.9 Å². The SMILES string of the molecule is COc1cccc([C@H](O)CNC(=O)[C@H]2CCC[C@H](C)C2)c1. The first-order valence-electron chi connectivity index (χ1n) is 7.70. The van der Waals surface area contributed by atoms with Crippen molar-refractivity contribution in [3.05, 3.63) is 29.8 Å². The van der Waals surface area contributed by atoms with E-state index in [2.05, 4.69) is 12.2 Å². The van der Waals surface area contributed by atoms with Crippen LogP contribution in [0.3, 0.4) is 0 Å². The average Bonchev–Trinajstić information content (AvgIpc) is 2.52. The predicted molar refractivity (Wildman–Crippen MR) is 82.1 cm³/mol. The summed E-state index contributed by atoms with van der Waals surface area (Å²) in [5, 5.41) is 13.0. The van der Waals surface area contributed by atoms with Crippen LogP contribution in [-0.2, 0) is 4.79 Å². The standard InChI is InChI=1S/C17H25NO3/c1-12-5-3-7-14(9-12)17(20)18-11-16(19)13-6-4-8-15(10-13)21-2/h4,6,8,10,12,14,16,19H,3,5,7,9,11H2,1-2H3,(H,18,20)/t12-,14-,16+/m0/s1. The van der Waals surface area contributed by atoms with E-state index in [0.29, 0.717) is 11.7 Å². The largest absolute Gasteiger partial charge is 0.497 e. The molecule has 1 amide bonds. The second kappa shape index (κ2) is 7.46. The van der Waals surface area contributed by atoms with Gasteiger partial charge in [-0.3, -0.25) is 4.79 Å². The first kappa shape index (κ1) is 15.8. The molecule has 0 spiro atoms. The highest BCUT2D eigenvalue weighted by Gasteiger charge is 2.25. The van der Waals surface area contributed by atoms with E-state index in [-0.39, 0.29) is 18.4 Å². The van der Waals surface area contributed by atoms with Crippen LogP contribution in [-0.4, -0.2) is 24.7 Å². The van der Waals surface area contributed by atoms with Crippen LogP contribution in [0.2, 0.25) is 0 Å². The Morgan fingerprint density at radius 2 is 2.29 bits per heavy atom. The Balaban J connectivity index is 1.85. The molecule has 0 saturated heterocycles. The zero-order valence-electron chi connectivity index (χ0n) is 12.8. The van der Waals surface area contributed by atoms with Crippen molar-refractivity contribution in [2.45, 2.75) is 38.7 Å². The Labute approximate surface area is 126 Å². The molecule has 4 nitrogen and oxygen atoms in total. The van der Waals surface area contributed by atoms with E-state index >= 15 is 0 Å². The normalized spacial score (nSPS) is 23.4. The summed E-state index contributed by atoms with van der Waals surface area (Å²) in [6.45, 7) is 2.45. The maximum Gasteiger partial charge on any atom is 0.223 e. The molecule has 1 aliphatic rings. The first-order chi connectivity index (χ1) is 10.1. The maximum absolute atomic E-state index is 12.2. The number of methoxy groups -OCH3 is 1. The van der Waals surface area contributed by atoms with E-state index in [1.807, 2.05) is 18.2 Å². The minimum atomic E-state index is -0.704. The molecule has 3 atom stereocenters. The van der Waals surface area contributed by atoms with Gasteiger partial charge in [-0.05, 0) is 36.5 Å². The van der Waals surface area contributed by atoms with Crippen molar-refractivity contribution in [1.29, 1.82) is 0 Å².